The first-order chi connectivity index (χ1) is 14.1. The Labute approximate surface area is 168 Å². The van der Waals surface area contributed by atoms with Gasteiger partial charge >= 0.3 is 5.63 Å². The summed E-state index contributed by atoms with van der Waals surface area (Å²) in [6.07, 6.45) is 0. The fraction of sp³-hybridized carbons (Fsp3) is 0.208. The summed E-state index contributed by atoms with van der Waals surface area (Å²) in [6.45, 7) is 4.16. The molecule has 1 aliphatic rings. The highest BCUT2D eigenvalue weighted by Crippen LogP contribution is 2.34. The number of quaternary nitrogens is 1. The maximum Gasteiger partial charge on any atom is 0.344 e. The molecule has 1 atom stereocenters. The molecule has 0 bridgehead atoms. The van der Waals surface area contributed by atoms with Crippen LogP contribution < -0.4 is 20.0 Å². The summed E-state index contributed by atoms with van der Waals surface area (Å²) in [5.74, 6) is 1.66. The molecule has 5 heteroatoms. The summed E-state index contributed by atoms with van der Waals surface area (Å²) in [5, 5.41) is 2.54. The molecule has 0 radical (unpaired) electrons. The Hall–Kier alpha value is -3.31. The molecule has 29 heavy (non-hydrogen) atoms. The third-order valence-corrected chi connectivity index (χ3v) is 5.62. The molecule has 5 rings (SSSR count). The topological polar surface area (TPSA) is 53.1 Å². The van der Waals surface area contributed by atoms with Crippen molar-refractivity contribution in [3.8, 4) is 11.5 Å². The number of fused-ring (bicyclic) bond motifs is 5. The van der Waals surface area contributed by atoms with Crippen molar-refractivity contribution in [2.45, 2.75) is 20.0 Å². The fourth-order valence-electron chi connectivity index (χ4n) is 4.19. The van der Waals surface area contributed by atoms with Gasteiger partial charge in [-0.15, -0.1) is 0 Å². The quantitative estimate of drug-likeness (QED) is 0.433. The minimum absolute atomic E-state index is 0.303. The third kappa shape index (κ3) is 3.04. The van der Waals surface area contributed by atoms with Crippen molar-refractivity contribution < 1.29 is 18.8 Å². The van der Waals surface area contributed by atoms with Crippen LogP contribution in [-0.4, -0.2) is 13.8 Å². The van der Waals surface area contributed by atoms with E-state index < -0.39 is 0 Å². The number of aryl methyl sites for hydroxylation is 1. The molecular formula is C24H22NO4+. The zero-order chi connectivity index (χ0) is 20.0. The molecule has 0 spiro atoms. The molecule has 2 heterocycles. The highest BCUT2D eigenvalue weighted by Gasteiger charge is 2.26. The number of methoxy groups -OCH3 is 1. The van der Waals surface area contributed by atoms with Gasteiger partial charge in [0.15, 0.2) is 5.58 Å². The molecule has 0 amide bonds. The van der Waals surface area contributed by atoms with Crippen molar-refractivity contribution in [2.24, 2.45) is 0 Å². The molecule has 1 unspecified atom stereocenters. The molecule has 5 nitrogen and oxygen atoms in total. The molecular weight excluding hydrogens is 366 g/mol. The Morgan fingerprint density at radius 1 is 1.07 bits per heavy atom. The van der Waals surface area contributed by atoms with Gasteiger partial charge in [0.05, 0.1) is 18.1 Å². The summed E-state index contributed by atoms with van der Waals surface area (Å²) in [7, 11) is 1.67. The first kappa shape index (κ1) is 17.8. The molecule has 0 saturated carbocycles. The second-order valence-corrected chi connectivity index (χ2v) is 7.55. The predicted molar refractivity (Wildman–Crippen MR) is 112 cm³/mol. The van der Waals surface area contributed by atoms with E-state index in [1.54, 1.807) is 7.11 Å². The minimum Gasteiger partial charge on any atom is -0.497 e. The largest absolute Gasteiger partial charge is 0.497 e. The number of benzene rings is 3. The molecule has 1 aromatic heterocycles. The van der Waals surface area contributed by atoms with E-state index in [1.165, 1.54) is 10.5 Å². The number of nitrogens with one attached hydrogen (secondary N) is 1. The van der Waals surface area contributed by atoms with Crippen LogP contribution in [0.4, 0.5) is 0 Å². The maximum absolute atomic E-state index is 12.6. The van der Waals surface area contributed by atoms with E-state index in [1.807, 2.05) is 43.3 Å². The lowest BCUT2D eigenvalue weighted by atomic mass is 9.99. The number of hydrogen-bond donors (Lipinski definition) is 1. The first-order valence-corrected chi connectivity index (χ1v) is 9.71. The predicted octanol–water partition coefficient (Wildman–Crippen LogP) is 3.20. The van der Waals surface area contributed by atoms with E-state index in [2.05, 4.69) is 18.2 Å². The first-order valence-electron chi connectivity index (χ1n) is 9.71. The smallest absolute Gasteiger partial charge is 0.344 e. The van der Waals surface area contributed by atoms with Crippen LogP contribution in [0.15, 0.2) is 63.8 Å². The molecule has 0 aliphatic carbocycles. The van der Waals surface area contributed by atoms with Gasteiger partial charge in [0.2, 0.25) is 6.73 Å². The van der Waals surface area contributed by atoms with Crippen LogP contribution in [0.5, 0.6) is 11.5 Å². The number of rotatable bonds is 3. The van der Waals surface area contributed by atoms with Crippen molar-refractivity contribution >= 4 is 21.7 Å². The van der Waals surface area contributed by atoms with Gasteiger partial charge in [0.25, 0.3) is 0 Å². The molecule has 3 aromatic carbocycles. The molecule has 0 saturated heterocycles. The zero-order valence-electron chi connectivity index (χ0n) is 16.5. The van der Waals surface area contributed by atoms with E-state index in [0.29, 0.717) is 17.7 Å². The fourth-order valence-corrected chi connectivity index (χ4v) is 4.19. The average molecular weight is 388 g/mol. The Morgan fingerprint density at radius 3 is 2.59 bits per heavy atom. The number of hydrogen-bond acceptors (Lipinski definition) is 4. The molecule has 4 aromatic rings. The summed E-state index contributed by atoms with van der Waals surface area (Å²) in [5.41, 5.74) is 3.57. The van der Waals surface area contributed by atoms with Crippen LogP contribution in [0.2, 0.25) is 0 Å². The van der Waals surface area contributed by atoms with Gasteiger partial charge in [-0.3, -0.25) is 4.90 Å². The monoisotopic (exact) mass is 388 g/mol. The van der Waals surface area contributed by atoms with Gasteiger partial charge in [-0.05, 0) is 48.9 Å². The lowest BCUT2D eigenvalue weighted by Crippen LogP contribution is -3.10. The summed E-state index contributed by atoms with van der Waals surface area (Å²) in [4.78, 5) is 13.8. The zero-order valence-corrected chi connectivity index (χ0v) is 16.5. The van der Waals surface area contributed by atoms with Crippen molar-refractivity contribution in [1.82, 2.24) is 0 Å². The second-order valence-electron chi connectivity index (χ2n) is 7.55. The molecule has 146 valence electrons. The number of ether oxygens (including phenoxy) is 2. The lowest BCUT2D eigenvalue weighted by Gasteiger charge is -2.27. The van der Waals surface area contributed by atoms with E-state index in [-0.39, 0.29) is 5.63 Å². The van der Waals surface area contributed by atoms with Crippen molar-refractivity contribution in [3.63, 3.8) is 0 Å². The van der Waals surface area contributed by atoms with Gasteiger partial charge in [-0.2, -0.15) is 0 Å². The SMILES string of the molecule is COc1ccc(C[NH+]2COc3cc(C)c4c(oc(=O)c5ccccc54)c3C2)cc1. The Bertz CT molecular complexity index is 1270. The molecule has 1 aliphatic heterocycles. The highest BCUT2D eigenvalue weighted by atomic mass is 16.5. The molecule has 1 N–H and O–H groups in total. The Morgan fingerprint density at radius 2 is 1.83 bits per heavy atom. The van der Waals surface area contributed by atoms with Gasteiger partial charge in [0, 0.05) is 16.3 Å². The third-order valence-electron chi connectivity index (χ3n) is 5.62. The maximum atomic E-state index is 12.6. The standard InChI is InChI=1S/C24H21NO4/c1-15-11-21-20(23-22(15)18-5-3-4-6-19(18)24(26)29-23)13-25(14-28-21)12-16-7-9-17(27-2)10-8-16/h3-11H,12-14H2,1-2H3/p+1. The van der Waals surface area contributed by atoms with E-state index >= 15 is 0 Å². The summed E-state index contributed by atoms with van der Waals surface area (Å²) < 4.78 is 17.1. The van der Waals surface area contributed by atoms with Gasteiger partial charge in [0.1, 0.15) is 24.6 Å². The minimum atomic E-state index is -0.303. The van der Waals surface area contributed by atoms with E-state index in [9.17, 15) is 4.79 Å². The van der Waals surface area contributed by atoms with Crippen LogP contribution in [0, 0.1) is 6.92 Å². The van der Waals surface area contributed by atoms with Crippen molar-refractivity contribution in [1.29, 1.82) is 0 Å². The summed E-state index contributed by atoms with van der Waals surface area (Å²) in [6, 6.07) is 17.8. The molecule has 0 fully saturated rings. The highest BCUT2D eigenvalue weighted by molar-refractivity contribution is 6.07. The van der Waals surface area contributed by atoms with Gasteiger partial charge in [-0.25, -0.2) is 4.79 Å². The second kappa shape index (κ2) is 6.94. The van der Waals surface area contributed by atoms with Crippen molar-refractivity contribution in [3.05, 3.63) is 81.7 Å². The van der Waals surface area contributed by atoms with Crippen LogP contribution in [0.3, 0.4) is 0 Å². The summed E-state index contributed by atoms with van der Waals surface area (Å²) >= 11 is 0. The average Bonchev–Trinajstić information content (AvgIpc) is 2.75. The normalized spacial score (nSPS) is 15.9. The van der Waals surface area contributed by atoms with Crippen LogP contribution in [-0.2, 0) is 13.1 Å². The van der Waals surface area contributed by atoms with Gasteiger partial charge < -0.3 is 13.9 Å². The lowest BCUT2D eigenvalue weighted by molar-refractivity contribution is -0.945. The van der Waals surface area contributed by atoms with Crippen molar-refractivity contribution in [2.75, 3.05) is 13.8 Å². The Kier molecular flexibility index (Phi) is 4.25. The van der Waals surface area contributed by atoms with Crippen LogP contribution >= 0.6 is 0 Å². The van der Waals surface area contributed by atoms with Crippen LogP contribution in [0.25, 0.3) is 21.7 Å². The van der Waals surface area contributed by atoms with E-state index in [0.717, 1.165) is 46.5 Å². The Balaban J connectivity index is 1.58. The van der Waals surface area contributed by atoms with Gasteiger partial charge in [-0.1, -0.05) is 18.2 Å². The van der Waals surface area contributed by atoms with Crippen LogP contribution in [0.1, 0.15) is 16.7 Å². The van der Waals surface area contributed by atoms with E-state index in [4.69, 9.17) is 13.9 Å².